The van der Waals surface area contributed by atoms with Crippen molar-refractivity contribution < 1.29 is 36.4 Å². The van der Waals surface area contributed by atoms with E-state index in [0.717, 1.165) is 24.0 Å². The molecule has 3 unspecified atom stereocenters. The number of benzene rings is 1. The molecule has 2 aliphatic rings. The molecular weight excluding hydrogens is 439 g/mol. The molecule has 3 atom stereocenters. The van der Waals surface area contributed by atoms with Gasteiger partial charge in [-0.1, -0.05) is 17.8 Å². The predicted octanol–water partition coefficient (Wildman–Crippen LogP) is 4.38. The Kier molecular flexibility index (Phi) is 5.86. The van der Waals surface area contributed by atoms with Crippen molar-refractivity contribution in [1.82, 2.24) is 10.1 Å². The Labute approximate surface area is 189 Å². The highest BCUT2D eigenvalue weighted by Gasteiger charge is 2.52. The van der Waals surface area contributed by atoms with Crippen LogP contribution in [0.15, 0.2) is 34.9 Å². The molecule has 0 radical (unpaired) electrons. The highest BCUT2D eigenvalue weighted by Crippen LogP contribution is 2.40. The van der Waals surface area contributed by atoms with E-state index < -0.39 is 17.5 Å². The van der Waals surface area contributed by atoms with Crippen LogP contribution >= 0.6 is 0 Å². The van der Waals surface area contributed by atoms with E-state index in [1.54, 1.807) is 18.2 Å². The van der Waals surface area contributed by atoms with Crippen molar-refractivity contribution in [2.75, 3.05) is 26.9 Å². The number of hydrogen-bond donors (Lipinski definition) is 0. The Hall–Kier alpha value is -2.72. The van der Waals surface area contributed by atoms with Crippen LogP contribution in [0.3, 0.4) is 0 Å². The molecule has 0 saturated carbocycles. The summed E-state index contributed by atoms with van der Waals surface area (Å²) in [5, 5.41) is 3.45. The molecular formula is C23H27F3N3O4+. The number of quaternary nitrogens is 1. The number of hydrogen-bond acceptors (Lipinski definition) is 6. The van der Waals surface area contributed by atoms with Gasteiger partial charge in [0.25, 0.3) is 0 Å². The third-order valence-corrected chi connectivity index (χ3v) is 6.56. The summed E-state index contributed by atoms with van der Waals surface area (Å²) in [6, 6.07) is 4.63. The van der Waals surface area contributed by atoms with Crippen LogP contribution in [0.2, 0.25) is 0 Å². The highest BCUT2D eigenvalue weighted by atomic mass is 19.4. The molecule has 0 spiro atoms. The molecule has 33 heavy (non-hydrogen) atoms. The minimum atomic E-state index is -4.72. The summed E-state index contributed by atoms with van der Waals surface area (Å²) in [7, 11) is 1.89. The lowest BCUT2D eigenvalue weighted by atomic mass is 9.81. The van der Waals surface area contributed by atoms with E-state index >= 15 is 0 Å². The van der Waals surface area contributed by atoms with Crippen LogP contribution in [-0.4, -0.2) is 53.4 Å². The highest BCUT2D eigenvalue weighted by molar-refractivity contribution is 5.77. The van der Waals surface area contributed by atoms with Gasteiger partial charge in [-0.2, -0.15) is 18.2 Å². The van der Waals surface area contributed by atoms with Crippen LogP contribution in [0.25, 0.3) is 11.4 Å². The first-order valence-electron chi connectivity index (χ1n) is 10.7. The van der Waals surface area contributed by atoms with Crippen molar-refractivity contribution in [3.8, 4) is 17.1 Å². The minimum absolute atomic E-state index is 0.0590. The second-order valence-electron chi connectivity index (χ2n) is 9.36. The summed E-state index contributed by atoms with van der Waals surface area (Å²) in [5.41, 5.74) is 1.28. The van der Waals surface area contributed by atoms with Crippen LogP contribution in [0.5, 0.6) is 5.75 Å². The number of fused-ring (bicyclic) bond motifs is 1. The van der Waals surface area contributed by atoms with Crippen LogP contribution in [0, 0.1) is 5.41 Å². The van der Waals surface area contributed by atoms with Gasteiger partial charge < -0.3 is 14.0 Å². The standard InChI is InChI=1S/C23H27F3N3O4/c1-14(2)17-12-32-18-10-15(19-27-20(33-28-19)23(24,25)26)6-7-16(18)11-29(17,4)21(30)22(3)8-5-9-31-13-22/h6-7,10,17H,1,5,8-9,11-13H2,2-4H3/q+1. The van der Waals surface area contributed by atoms with Crippen molar-refractivity contribution in [2.45, 2.75) is 45.5 Å². The maximum atomic E-state index is 13.9. The number of carbonyl (C=O) groups is 1. The fraction of sp³-hybridized carbons (Fsp3) is 0.522. The summed E-state index contributed by atoms with van der Waals surface area (Å²) in [5.74, 6) is -1.07. The Morgan fingerprint density at radius 1 is 1.33 bits per heavy atom. The van der Waals surface area contributed by atoms with Crippen LogP contribution in [0.4, 0.5) is 13.2 Å². The van der Waals surface area contributed by atoms with Crippen molar-refractivity contribution >= 4 is 5.91 Å². The number of likely N-dealkylation sites (N-methyl/N-ethyl adjacent to an activating group) is 1. The molecule has 10 heteroatoms. The number of nitrogens with zero attached hydrogens (tertiary/aromatic N) is 3. The molecule has 2 aliphatic heterocycles. The van der Waals surface area contributed by atoms with Gasteiger partial charge in [-0.15, -0.1) is 0 Å². The number of rotatable bonds is 3. The summed E-state index contributed by atoms with van der Waals surface area (Å²) in [6.07, 6.45) is -3.16. The molecule has 1 saturated heterocycles. The summed E-state index contributed by atoms with van der Waals surface area (Å²) < 4.78 is 54.6. The number of amides is 1. The van der Waals surface area contributed by atoms with E-state index in [0.29, 0.717) is 31.1 Å². The van der Waals surface area contributed by atoms with E-state index in [4.69, 9.17) is 9.47 Å². The number of ether oxygens (including phenoxy) is 2. The molecule has 1 aromatic carbocycles. The number of alkyl halides is 3. The van der Waals surface area contributed by atoms with Gasteiger partial charge in [0.15, 0.2) is 6.04 Å². The quantitative estimate of drug-likeness (QED) is 0.494. The maximum absolute atomic E-state index is 13.9. The molecule has 7 nitrogen and oxygen atoms in total. The predicted molar refractivity (Wildman–Crippen MR) is 112 cm³/mol. The zero-order valence-corrected chi connectivity index (χ0v) is 18.9. The number of halogens is 3. The van der Waals surface area contributed by atoms with E-state index in [1.165, 1.54) is 0 Å². The van der Waals surface area contributed by atoms with Gasteiger partial charge >= 0.3 is 18.0 Å². The lowest BCUT2D eigenvalue weighted by Crippen LogP contribution is -2.62. The molecule has 4 rings (SSSR count). The zero-order chi connectivity index (χ0) is 24.0. The Morgan fingerprint density at radius 2 is 2.09 bits per heavy atom. The van der Waals surface area contributed by atoms with Gasteiger partial charge in [0, 0.05) is 17.7 Å². The molecule has 0 bridgehead atoms. The first kappa shape index (κ1) is 23.4. The molecule has 1 amide bonds. The zero-order valence-electron chi connectivity index (χ0n) is 18.9. The van der Waals surface area contributed by atoms with Crippen LogP contribution in [0.1, 0.15) is 38.1 Å². The lowest BCUT2D eigenvalue weighted by molar-refractivity contribution is -0.870. The minimum Gasteiger partial charge on any atom is -0.486 e. The molecule has 178 valence electrons. The van der Waals surface area contributed by atoms with Crippen LogP contribution < -0.4 is 4.74 Å². The van der Waals surface area contributed by atoms with E-state index in [-0.39, 0.29) is 28.9 Å². The third kappa shape index (κ3) is 4.29. The normalized spacial score (nSPS) is 27.9. The number of aromatic nitrogens is 2. The van der Waals surface area contributed by atoms with Gasteiger partial charge in [0.05, 0.1) is 13.7 Å². The average Bonchev–Trinajstić information content (AvgIpc) is 3.20. The van der Waals surface area contributed by atoms with Gasteiger partial charge in [0.2, 0.25) is 5.82 Å². The monoisotopic (exact) mass is 466 g/mol. The third-order valence-electron chi connectivity index (χ3n) is 6.56. The van der Waals surface area contributed by atoms with Crippen molar-refractivity contribution in [3.63, 3.8) is 0 Å². The first-order valence-corrected chi connectivity index (χ1v) is 10.7. The number of carbonyl (C=O) groups excluding carboxylic acids is 1. The average molecular weight is 466 g/mol. The van der Waals surface area contributed by atoms with Crippen molar-refractivity contribution in [1.29, 1.82) is 0 Å². The Morgan fingerprint density at radius 3 is 2.70 bits per heavy atom. The van der Waals surface area contributed by atoms with E-state index in [2.05, 4.69) is 21.2 Å². The summed E-state index contributed by atoms with van der Waals surface area (Å²) >= 11 is 0. The smallest absolute Gasteiger partial charge is 0.471 e. The van der Waals surface area contributed by atoms with Gasteiger partial charge in [-0.3, -0.25) is 0 Å². The molecule has 0 aliphatic carbocycles. The topological polar surface area (TPSA) is 74.5 Å². The van der Waals surface area contributed by atoms with E-state index in [1.807, 2.05) is 20.9 Å². The summed E-state index contributed by atoms with van der Waals surface area (Å²) in [6.45, 7) is 9.48. The largest absolute Gasteiger partial charge is 0.486 e. The van der Waals surface area contributed by atoms with Crippen LogP contribution in [-0.2, 0) is 22.3 Å². The fourth-order valence-corrected chi connectivity index (χ4v) is 4.77. The Balaban J connectivity index is 1.69. The molecule has 1 fully saturated rings. The molecule has 3 heterocycles. The molecule has 1 aromatic heterocycles. The van der Waals surface area contributed by atoms with E-state index in [9.17, 15) is 18.0 Å². The van der Waals surface area contributed by atoms with Gasteiger partial charge in [0.1, 0.15) is 24.3 Å². The van der Waals surface area contributed by atoms with Gasteiger partial charge in [-0.25, -0.2) is 9.28 Å². The second kappa shape index (κ2) is 8.25. The fourth-order valence-electron chi connectivity index (χ4n) is 4.77. The maximum Gasteiger partial charge on any atom is 0.471 e. The van der Waals surface area contributed by atoms with Crippen molar-refractivity contribution in [2.24, 2.45) is 5.41 Å². The SMILES string of the molecule is C=C(C)C1COc2cc(-c3noc(C(F)(F)F)n3)ccc2C[N+]1(C)C(=O)C1(C)CCCOC1. The molecule has 2 aromatic rings. The Bertz CT molecular complexity index is 1080. The summed E-state index contributed by atoms with van der Waals surface area (Å²) in [4.78, 5) is 17.4. The lowest BCUT2D eigenvalue weighted by Gasteiger charge is -2.43. The first-order chi connectivity index (χ1) is 15.4. The van der Waals surface area contributed by atoms with Gasteiger partial charge in [-0.05, 0) is 44.4 Å². The second-order valence-corrected chi connectivity index (χ2v) is 9.36. The van der Waals surface area contributed by atoms with Crippen molar-refractivity contribution in [3.05, 3.63) is 41.8 Å². The molecule has 0 N–H and O–H groups in total.